The molecule has 1 amide bonds. The number of carbonyl (C=O) groups excluding carboxylic acids is 2. The molecule has 90 valence electrons. The minimum Gasteiger partial charge on any atom is -0.491 e. The molecule has 0 radical (unpaired) electrons. The van der Waals surface area contributed by atoms with E-state index >= 15 is 0 Å². The first-order chi connectivity index (χ1) is 8.13. The summed E-state index contributed by atoms with van der Waals surface area (Å²) in [5.41, 5.74) is 0.682. The van der Waals surface area contributed by atoms with Crippen molar-refractivity contribution in [1.82, 2.24) is 0 Å². The fourth-order valence-electron chi connectivity index (χ4n) is 1.60. The van der Waals surface area contributed by atoms with Gasteiger partial charge in [0.1, 0.15) is 5.75 Å². The van der Waals surface area contributed by atoms with Gasteiger partial charge in [0.05, 0.1) is 30.9 Å². The number of hydrogen-bond acceptors (Lipinski definition) is 4. The van der Waals surface area contributed by atoms with Gasteiger partial charge < -0.3 is 14.8 Å². The maximum absolute atomic E-state index is 11.7. The number of esters is 1. The van der Waals surface area contributed by atoms with Crippen molar-refractivity contribution in [3.8, 4) is 5.75 Å². The summed E-state index contributed by atoms with van der Waals surface area (Å²) in [6, 6.07) is 4.98. The first kappa shape index (κ1) is 11.4. The highest BCUT2D eigenvalue weighted by Gasteiger charge is 2.25. The van der Waals surface area contributed by atoms with Crippen molar-refractivity contribution in [2.24, 2.45) is 5.92 Å². The molecule has 1 N–H and O–H groups in total. The Morgan fingerprint density at radius 2 is 2.29 bits per heavy atom. The Morgan fingerprint density at radius 3 is 3.00 bits per heavy atom. The van der Waals surface area contributed by atoms with Crippen LogP contribution in [0.2, 0.25) is 0 Å². The fourth-order valence-corrected chi connectivity index (χ4v) is 1.60. The number of rotatable bonds is 1. The van der Waals surface area contributed by atoms with Gasteiger partial charge in [0.2, 0.25) is 5.91 Å². The number of amides is 1. The molecule has 1 aromatic carbocycles. The third-order valence-electron chi connectivity index (χ3n) is 2.62. The van der Waals surface area contributed by atoms with E-state index in [-0.39, 0.29) is 11.8 Å². The van der Waals surface area contributed by atoms with Gasteiger partial charge in [-0.25, -0.2) is 4.79 Å². The van der Waals surface area contributed by atoms with E-state index in [0.717, 1.165) is 0 Å². The Morgan fingerprint density at radius 1 is 1.53 bits per heavy atom. The molecule has 2 rings (SSSR count). The van der Waals surface area contributed by atoms with Crippen LogP contribution in [0.25, 0.3) is 0 Å². The normalized spacial score (nSPS) is 18.5. The van der Waals surface area contributed by atoms with Crippen molar-refractivity contribution in [3.05, 3.63) is 23.8 Å². The van der Waals surface area contributed by atoms with E-state index in [9.17, 15) is 9.59 Å². The topological polar surface area (TPSA) is 64.6 Å². The molecule has 1 unspecified atom stereocenters. The summed E-state index contributed by atoms with van der Waals surface area (Å²) in [7, 11) is 1.30. The number of hydrogen-bond donors (Lipinski definition) is 1. The highest BCUT2D eigenvalue weighted by Crippen LogP contribution is 2.31. The highest BCUT2D eigenvalue weighted by atomic mass is 16.5. The molecule has 1 atom stereocenters. The number of ether oxygens (including phenoxy) is 2. The first-order valence-corrected chi connectivity index (χ1v) is 5.28. The molecule has 1 aliphatic heterocycles. The molecule has 0 aromatic heterocycles. The summed E-state index contributed by atoms with van der Waals surface area (Å²) in [5.74, 6) is -0.432. The zero-order chi connectivity index (χ0) is 12.4. The van der Waals surface area contributed by atoms with Crippen LogP contribution < -0.4 is 10.1 Å². The van der Waals surface area contributed by atoms with Crippen molar-refractivity contribution < 1.29 is 19.1 Å². The molecule has 1 aromatic rings. The minimum atomic E-state index is -0.500. The number of carbonyl (C=O) groups is 2. The number of nitrogens with one attached hydrogen (secondary N) is 1. The standard InChI is InChI=1S/C12H13NO4/c1-7-6-17-9-5-3-4-8(12(15)16-2)10(9)13-11(7)14/h3-5,7H,6H2,1-2H3,(H,13,14). The van der Waals surface area contributed by atoms with Crippen molar-refractivity contribution >= 4 is 17.6 Å². The Hall–Kier alpha value is -2.04. The van der Waals surface area contributed by atoms with Crippen LogP contribution in [0.15, 0.2) is 18.2 Å². The van der Waals surface area contributed by atoms with Gasteiger partial charge in [-0.3, -0.25) is 4.79 Å². The van der Waals surface area contributed by atoms with E-state index in [1.807, 2.05) is 0 Å². The monoisotopic (exact) mass is 235 g/mol. The predicted molar refractivity (Wildman–Crippen MR) is 61.1 cm³/mol. The smallest absolute Gasteiger partial charge is 0.340 e. The lowest BCUT2D eigenvalue weighted by Gasteiger charge is -2.10. The summed E-state index contributed by atoms with van der Waals surface area (Å²) in [6.45, 7) is 2.06. The van der Waals surface area contributed by atoms with Gasteiger partial charge in [-0.15, -0.1) is 0 Å². The van der Waals surface area contributed by atoms with E-state index in [2.05, 4.69) is 10.1 Å². The molecule has 0 saturated heterocycles. The van der Waals surface area contributed by atoms with Gasteiger partial charge in [-0.1, -0.05) is 13.0 Å². The molecule has 0 bridgehead atoms. The Kier molecular flexibility index (Phi) is 2.99. The molecule has 5 heteroatoms. The lowest BCUT2D eigenvalue weighted by Crippen LogP contribution is -2.22. The molecular formula is C12H13NO4. The van der Waals surface area contributed by atoms with Crippen molar-refractivity contribution in [1.29, 1.82) is 0 Å². The molecule has 0 saturated carbocycles. The van der Waals surface area contributed by atoms with Gasteiger partial charge in [-0.05, 0) is 12.1 Å². The van der Waals surface area contributed by atoms with Gasteiger partial charge in [0, 0.05) is 0 Å². The van der Waals surface area contributed by atoms with Crippen molar-refractivity contribution in [3.63, 3.8) is 0 Å². The Bertz CT molecular complexity index is 470. The summed E-state index contributed by atoms with van der Waals surface area (Å²) in [4.78, 5) is 23.3. The van der Waals surface area contributed by atoms with Crippen LogP contribution in [-0.2, 0) is 9.53 Å². The van der Waals surface area contributed by atoms with Crippen molar-refractivity contribution in [2.45, 2.75) is 6.92 Å². The average molecular weight is 235 g/mol. The molecule has 0 aliphatic carbocycles. The summed E-state index contributed by atoms with van der Waals surface area (Å²) < 4.78 is 10.1. The third-order valence-corrected chi connectivity index (χ3v) is 2.62. The zero-order valence-electron chi connectivity index (χ0n) is 9.65. The van der Waals surface area contributed by atoms with E-state index < -0.39 is 5.97 Å². The summed E-state index contributed by atoms with van der Waals surface area (Å²) in [6.07, 6.45) is 0. The molecule has 17 heavy (non-hydrogen) atoms. The van der Waals surface area contributed by atoms with E-state index in [0.29, 0.717) is 23.6 Å². The number of fused-ring (bicyclic) bond motifs is 1. The highest BCUT2D eigenvalue weighted by molar-refractivity contribution is 6.04. The zero-order valence-corrected chi connectivity index (χ0v) is 9.65. The third kappa shape index (κ3) is 2.08. The lowest BCUT2D eigenvalue weighted by atomic mass is 10.1. The number of anilines is 1. The molecule has 0 fully saturated rings. The largest absolute Gasteiger partial charge is 0.491 e. The summed E-state index contributed by atoms with van der Waals surface area (Å²) >= 11 is 0. The first-order valence-electron chi connectivity index (χ1n) is 5.28. The lowest BCUT2D eigenvalue weighted by molar-refractivity contribution is -0.119. The number of methoxy groups -OCH3 is 1. The maximum atomic E-state index is 11.7. The second-order valence-corrected chi connectivity index (χ2v) is 3.87. The number of benzene rings is 1. The molecule has 1 heterocycles. The maximum Gasteiger partial charge on any atom is 0.340 e. The van der Waals surface area contributed by atoms with Gasteiger partial charge in [0.15, 0.2) is 0 Å². The van der Waals surface area contributed by atoms with Gasteiger partial charge in [0.25, 0.3) is 0 Å². The minimum absolute atomic E-state index is 0.167. The van der Waals surface area contributed by atoms with Gasteiger partial charge >= 0.3 is 5.97 Å². The second kappa shape index (κ2) is 4.45. The van der Waals surface area contributed by atoms with E-state index in [1.54, 1.807) is 25.1 Å². The SMILES string of the molecule is COC(=O)c1cccc2c1NC(=O)C(C)CO2. The predicted octanol–water partition coefficient (Wildman–Crippen LogP) is 1.44. The van der Waals surface area contributed by atoms with Crippen LogP contribution in [0.1, 0.15) is 17.3 Å². The van der Waals surface area contributed by atoms with Crippen molar-refractivity contribution in [2.75, 3.05) is 19.0 Å². The van der Waals surface area contributed by atoms with Crippen LogP contribution in [0.3, 0.4) is 0 Å². The Balaban J connectivity index is 2.47. The van der Waals surface area contributed by atoms with Crippen LogP contribution in [0.5, 0.6) is 5.75 Å². The fraction of sp³-hybridized carbons (Fsp3) is 0.333. The molecule has 5 nitrogen and oxygen atoms in total. The van der Waals surface area contributed by atoms with Crippen LogP contribution in [0.4, 0.5) is 5.69 Å². The van der Waals surface area contributed by atoms with E-state index in [4.69, 9.17) is 4.74 Å². The van der Waals surface area contributed by atoms with Crippen LogP contribution in [0, 0.1) is 5.92 Å². The molecular weight excluding hydrogens is 222 g/mol. The molecule has 0 spiro atoms. The van der Waals surface area contributed by atoms with Gasteiger partial charge in [-0.2, -0.15) is 0 Å². The average Bonchev–Trinajstić information content (AvgIpc) is 2.48. The molecule has 1 aliphatic rings. The van der Waals surface area contributed by atoms with Crippen LogP contribution >= 0.6 is 0 Å². The second-order valence-electron chi connectivity index (χ2n) is 3.87. The van der Waals surface area contributed by atoms with E-state index in [1.165, 1.54) is 7.11 Å². The quantitative estimate of drug-likeness (QED) is 0.748. The summed E-state index contributed by atoms with van der Waals surface area (Å²) in [5, 5.41) is 2.69. The Labute approximate surface area is 98.7 Å². The van der Waals surface area contributed by atoms with Crippen LogP contribution in [-0.4, -0.2) is 25.6 Å². The number of para-hydroxylation sites is 1.